The van der Waals surface area contributed by atoms with Crippen molar-refractivity contribution in [2.75, 3.05) is 14.1 Å². The molecular weight excluding hydrogens is 230 g/mol. The summed E-state index contributed by atoms with van der Waals surface area (Å²) in [5, 5.41) is 2.03. The van der Waals surface area contributed by atoms with Crippen LogP contribution in [0.25, 0.3) is 11.1 Å². The maximum absolute atomic E-state index is 11.8. The molecule has 1 aromatic carbocycles. The van der Waals surface area contributed by atoms with Gasteiger partial charge in [0.15, 0.2) is 0 Å². The molecule has 2 aromatic rings. The molecule has 0 bridgehead atoms. The monoisotopic (exact) mass is 245 g/mol. The lowest BCUT2D eigenvalue weighted by atomic mass is 10.1. The molecule has 0 N–H and O–H groups in total. The molecule has 1 aromatic heterocycles. The second kappa shape index (κ2) is 4.72. The molecule has 17 heavy (non-hydrogen) atoms. The molecule has 0 aliphatic carbocycles. The van der Waals surface area contributed by atoms with E-state index >= 15 is 0 Å². The predicted octanol–water partition coefficient (Wildman–Crippen LogP) is 3.43. The number of amides is 1. The van der Waals surface area contributed by atoms with E-state index in [0.717, 1.165) is 10.4 Å². The van der Waals surface area contributed by atoms with Crippen LogP contribution in [0.2, 0.25) is 0 Å². The van der Waals surface area contributed by atoms with Crippen molar-refractivity contribution >= 4 is 17.2 Å². The first-order valence-corrected chi connectivity index (χ1v) is 6.33. The molecular formula is C14H15NOS. The number of carbonyl (C=O) groups excluding carboxylic acids is 1. The summed E-state index contributed by atoms with van der Waals surface area (Å²) in [6.07, 6.45) is 0. The number of rotatable bonds is 2. The van der Waals surface area contributed by atoms with E-state index in [-0.39, 0.29) is 5.91 Å². The van der Waals surface area contributed by atoms with Crippen molar-refractivity contribution in [3.8, 4) is 11.1 Å². The van der Waals surface area contributed by atoms with E-state index < -0.39 is 0 Å². The number of aryl methyl sites for hydroxylation is 1. The minimum Gasteiger partial charge on any atom is -0.344 e. The quantitative estimate of drug-likeness (QED) is 0.794. The Morgan fingerprint density at radius 3 is 2.59 bits per heavy atom. The Hall–Kier alpha value is -1.61. The minimum absolute atomic E-state index is 0.0638. The summed E-state index contributed by atoms with van der Waals surface area (Å²) in [7, 11) is 3.54. The number of hydrogen-bond acceptors (Lipinski definition) is 2. The number of nitrogens with zero attached hydrogens (tertiary/aromatic N) is 1. The van der Waals surface area contributed by atoms with E-state index in [9.17, 15) is 4.79 Å². The van der Waals surface area contributed by atoms with Gasteiger partial charge in [0.25, 0.3) is 5.91 Å². The summed E-state index contributed by atoms with van der Waals surface area (Å²) in [6, 6.07) is 10.3. The van der Waals surface area contributed by atoms with E-state index in [0.29, 0.717) is 0 Å². The van der Waals surface area contributed by atoms with E-state index in [1.54, 1.807) is 19.0 Å². The maximum atomic E-state index is 11.8. The number of benzene rings is 1. The van der Waals surface area contributed by atoms with Gasteiger partial charge in [0.2, 0.25) is 0 Å². The number of thiophene rings is 1. The molecule has 0 saturated carbocycles. The largest absolute Gasteiger partial charge is 0.344 e. The number of hydrogen-bond donors (Lipinski definition) is 0. The molecule has 2 nitrogen and oxygen atoms in total. The van der Waals surface area contributed by atoms with E-state index in [4.69, 9.17) is 0 Å². The van der Waals surface area contributed by atoms with Crippen LogP contribution < -0.4 is 0 Å². The third-order valence-electron chi connectivity index (χ3n) is 2.57. The highest BCUT2D eigenvalue weighted by Crippen LogP contribution is 2.26. The van der Waals surface area contributed by atoms with Crippen molar-refractivity contribution in [2.45, 2.75) is 6.92 Å². The SMILES string of the molecule is Cc1cccc(-c2csc(C(=O)N(C)C)c2)c1. The molecule has 0 atom stereocenters. The molecule has 1 heterocycles. The topological polar surface area (TPSA) is 20.3 Å². The van der Waals surface area contributed by atoms with Gasteiger partial charge in [-0.05, 0) is 29.5 Å². The average Bonchev–Trinajstić information content (AvgIpc) is 2.77. The molecule has 0 radical (unpaired) electrons. The Kier molecular flexibility index (Phi) is 3.29. The van der Waals surface area contributed by atoms with E-state index in [2.05, 4.69) is 25.1 Å². The predicted molar refractivity (Wildman–Crippen MR) is 72.5 cm³/mol. The van der Waals surface area contributed by atoms with Crippen LogP contribution in [0, 0.1) is 6.92 Å². The van der Waals surface area contributed by atoms with Crippen molar-refractivity contribution in [2.24, 2.45) is 0 Å². The van der Waals surface area contributed by atoms with Crippen molar-refractivity contribution in [1.82, 2.24) is 4.90 Å². The molecule has 0 spiro atoms. The standard InChI is InChI=1S/C14H15NOS/c1-10-5-4-6-11(7-10)12-8-13(17-9-12)14(16)15(2)3/h4-9H,1-3H3. The molecule has 0 unspecified atom stereocenters. The minimum atomic E-state index is 0.0638. The third-order valence-corrected chi connectivity index (χ3v) is 3.49. The maximum Gasteiger partial charge on any atom is 0.263 e. The lowest BCUT2D eigenvalue weighted by Gasteiger charge is -2.07. The second-order valence-electron chi connectivity index (χ2n) is 4.27. The Balaban J connectivity index is 2.33. The van der Waals surface area contributed by atoms with Gasteiger partial charge in [-0.15, -0.1) is 11.3 Å². The smallest absolute Gasteiger partial charge is 0.263 e. The highest BCUT2D eigenvalue weighted by molar-refractivity contribution is 7.12. The Morgan fingerprint density at radius 2 is 1.94 bits per heavy atom. The van der Waals surface area contributed by atoms with Crippen LogP contribution in [0.4, 0.5) is 0 Å². The van der Waals surface area contributed by atoms with E-state index in [1.807, 2.05) is 17.5 Å². The highest BCUT2D eigenvalue weighted by Gasteiger charge is 2.11. The fraction of sp³-hybridized carbons (Fsp3) is 0.214. The summed E-state index contributed by atoms with van der Waals surface area (Å²) in [6.45, 7) is 2.07. The van der Waals surface area contributed by atoms with Gasteiger partial charge in [0.1, 0.15) is 0 Å². The lowest BCUT2D eigenvalue weighted by molar-refractivity contribution is 0.0832. The first-order valence-electron chi connectivity index (χ1n) is 5.45. The fourth-order valence-corrected chi connectivity index (χ4v) is 2.58. The molecule has 0 saturated heterocycles. The average molecular weight is 245 g/mol. The Labute approximate surface area is 106 Å². The zero-order valence-corrected chi connectivity index (χ0v) is 11.0. The summed E-state index contributed by atoms with van der Waals surface area (Å²) < 4.78 is 0. The van der Waals surface area contributed by atoms with Crippen molar-refractivity contribution in [3.05, 3.63) is 46.2 Å². The number of carbonyl (C=O) groups is 1. The van der Waals surface area contributed by atoms with Crippen LogP contribution in [0.15, 0.2) is 35.7 Å². The summed E-state index contributed by atoms with van der Waals surface area (Å²) >= 11 is 1.50. The zero-order valence-electron chi connectivity index (χ0n) is 10.2. The van der Waals surface area contributed by atoms with Gasteiger partial charge in [0, 0.05) is 14.1 Å². The summed E-state index contributed by atoms with van der Waals surface area (Å²) in [5.74, 6) is 0.0638. The van der Waals surface area contributed by atoms with Gasteiger partial charge >= 0.3 is 0 Å². The normalized spacial score (nSPS) is 10.3. The van der Waals surface area contributed by atoms with Gasteiger partial charge in [-0.3, -0.25) is 4.79 Å². The van der Waals surface area contributed by atoms with Gasteiger partial charge in [0.05, 0.1) is 4.88 Å². The zero-order chi connectivity index (χ0) is 12.4. The van der Waals surface area contributed by atoms with Crippen LogP contribution in [0.3, 0.4) is 0 Å². The second-order valence-corrected chi connectivity index (χ2v) is 5.18. The lowest BCUT2D eigenvalue weighted by Crippen LogP contribution is -2.20. The molecule has 88 valence electrons. The van der Waals surface area contributed by atoms with Crippen molar-refractivity contribution in [3.63, 3.8) is 0 Å². The molecule has 3 heteroatoms. The molecule has 0 aliphatic heterocycles. The Morgan fingerprint density at radius 1 is 1.18 bits per heavy atom. The van der Waals surface area contributed by atoms with Crippen LogP contribution in [-0.2, 0) is 0 Å². The molecule has 0 aliphatic rings. The van der Waals surface area contributed by atoms with Gasteiger partial charge in [-0.1, -0.05) is 29.8 Å². The van der Waals surface area contributed by atoms with Crippen LogP contribution in [0.5, 0.6) is 0 Å². The van der Waals surface area contributed by atoms with Crippen LogP contribution in [0.1, 0.15) is 15.2 Å². The molecule has 0 fully saturated rings. The first kappa shape index (κ1) is 11.9. The van der Waals surface area contributed by atoms with Gasteiger partial charge < -0.3 is 4.90 Å². The summed E-state index contributed by atoms with van der Waals surface area (Å²) in [5.41, 5.74) is 3.51. The fourth-order valence-electron chi connectivity index (χ4n) is 1.64. The first-order chi connectivity index (χ1) is 8.08. The molecule has 2 rings (SSSR count). The van der Waals surface area contributed by atoms with Crippen LogP contribution in [-0.4, -0.2) is 24.9 Å². The van der Waals surface area contributed by atoms with Crippen LogP contribution >= 0.6 is 11.3 Å². The van der Waals surface area contributed by atoms with Crippen molar-refractivity contribution in [1.29, 1.82) is 0 Å². The van der Waals surface area contributed by atoms with Crippen molar-refractivity contribution < 1.29 is 4.79 Å². The summed E-state index contributed by atoms with van der Waals surface area (Å²) in [4.78, 5) is 14.2. The van der Waals surface area contributed by atoms with Gasteiger partial charge in [-0.25, -0.2) is 0 Å². The van der Waals surface area contributed by atoms with E-state index in [1.165, 1.54) is 22.5 Å². The third kappa shape index (κ3) is 2.56. The van der Waals surface area contributed by atoms with Gasteiger partial charge in [-0.2, -0.15) is 0 Å². The highest BCUT2D eigenvalue weighted by atomic mass is 32.1. The Bertz CT molecular complexity index is 543. The molecule has 1 amide bonds.